The summed E-state index contributed by atoms with van der Waals surface area (Å²) in [5, 5.41) is 8.92. The fourth-order valence-electron chi connectivity index (χ4n) is 0.721. The molecule has 0 spiro atoms. The minimum absolute atomic E-state index is 0.159. The second-order valence-corrected chi connectivity index (χ2v) is 3.76. The van der Waals surface area contributed by atoms with E-state index in [0.29, 0.717) is 16.5 Å². The minimum atomic E-state index is -0.536. The number of aromatic nitrogens is 2. The van der Waals surface area contributed by atoms with E-state index in [0.717, 1.165) is 0 Å². The highest BCUT2D eigenvalue weighted by molar-refractivity contribution is 7.99. The Kier molecular flexibility index (Phi) is 3.68. The van der Waals surface area contributed by atoms with Crippen LogP contribution in [0.25, 0.3) is 0 Å². The zero-order chi connectivity index (χ0) is 10.6. The molecule has 5 nitrogen and oxygen atoms in total. The van der Waals surface area contributed by atoms with Crippen molar-refractivity contribution in [3.8, 4) is 6.07 Å². The predicted molar refractivity (Wildman–Crippen MR) is 53.9 cm³/mol. The first kappa shape index (κ1) is 10.8. The van der Waals surface area contributed by atoms with Gasteiger partial charge in [-0.3, -0.25) is 4.79 Å². The lowest BCUT2D eigenvalue weighted by Crippen LogP contribution is -2.20. The number of aromatic amines is 1. The number of rotatable bonds is 3. The number of thioether (sulfide) groups is 1. The summed E-state index contributed by atoms with van der Waals surface area (Å²) in [6, 6.07) is 1.36. The number of aryl methyl sites for hydroxylation is 1. The smallest absolute Gasteiger partial charge is 0.254 e. The van der Waals surface area contributed by atoms with Crippen molar-refractivity contribution < 1.29 is 0 Å². The maximum absolute atomic E-state index is 11.1. The van der Waals surface area contributed by atoms with Crippen LogP contribution in [-0.2, 0) is 0 Å². The Balaban J connectivity index is 2.66. The third kappa shape index (κ3) is 2.87. The Bertz CT molecular complexity index is 409. The van der Waals surface area contributed by atoms with Crippen LogP contribution in [0.3, 0.4) is 0 Å². The molecule has 1 atom stereocenters. The van der Waals surface area contributed by atoms with E-state index >= 15 is 0 Å². The van der Waals surface area contributed by atoms with Crippen LogP contribution < -0.4 is 11.3 Å². The number of nitrogens with zero attached hydrogens (tertiary/aromatic N) is 2. The van der Waals surface area contributed by atoms with Gasteiger partial charge >= 0.3 is 0 Å². The first-order valence-corrected chi connectivity index (χ1v) is 4.96. The van der Waals surface area contributed by atoms with Gasteiger partial charge in [0.25, 0.3) is 5.56 Å². The molecule has 1 unspecified atom stereocenters. The first-order chi connectivity index (χ1) is 6.63. The van der Waals surface area contributed by atoms with Gasteiger partial charge in [0.15, 0.2) is 5.16 Å². The topological polar surface area (TPSA) is 95.6 Å². The van der Waals surface area contributed by atoms with Crippen molar-refractivity contribution in [2.75, 3.05) is 5.75 Å². The SMILES string of the molecule is Cc1cnc(SCC(N)C#N)[nH]c1=O. The molecule has 14 heavy (non-hydrogen) atoms. The molecule has 0 bridgehead atoms. The van der Waals surface area contributed by atoms with Crippen LogP contribution in [0.1, 0.15) is 5.56 Å². The monoisotopic (exact) mass is 210 g/mol. The molecule has 1 aromatic rings. The molecule has 6 heteroatoms. The molecule has 0 aliphatic rings. The van der Waals surface area contributed by atoms with Crippen LogP contribution in [0, 0.1) is 18.3 Å². The number of nitrogens with one attached hydrogen (secondary N) is 1. The van der Waals surface area contributed by atoms with Gasteiger partial charge in [-0.15, -0.1) is 0 Å². The lowest BCUT2D eigenvalue weighted by atomic mass is 10.4. The van der Waals surface area contributed by atoms with Crippen LogP contribution in [-0.4, -0.2) is 21.8 Å². The van der Waals surface area contributed by atoms with Crippen molar-refractivity contribution in [2.45, 2.75) is 18.1 Å². The lowest BCUT2D eigenvalue weighted by molar-refractivity contribution is 0.902. The number of nitrogens with two attached hydrogens (primary N) is 1. The predicted octanol–water partition coefficient (Wildman–Crippen LogP) is 0.0213. The number of hydrogen-bond acceptors (Lipinski definition) is 5. The van der Waals surface area contributed by atoms with Gasteiger partial charge in [0.05, 0.1) is 6.07 Å². The van der Waals surface area contributed by atoms with Gasteiger partial charge in [-0.05, 0) is 6.92 Å². The van der Waals surface area contributed by atoms with Gasteiger partial charge in [-0.2, -0.15) is 5.26 Å². The average molecular weight is 210 g/mol. The van der Waals surface area contributed by atoms with Crippen molar-refractivity contribution in [3.05, 3.63) is 22.1 Å². The highest BCUT2D eigenvalue weighted by Crippen LogP contribution is 2.10. The molecule has 0 amide bonds. The number of nitriles is 1. The van der Waals surface area contributed by atoms with Crippen molar-refractivity contribution in [1.82, 2.24) is 9.97 Å². The largest absolute Gasteiger partial charge is 0.315 e. The molecule has 1 rings (SSSR count). The van der Waals surface area contributed by atoms with Gasteiger partial charge in [0, 0.05) is 17.5 Å². The third-order valence-electron chi connectivity index (χ3n) is 1.52. The fourth-order valence-corrected chi connectivity index (χ4v) is 1.43. The Morgan fingerprint density at radius 2 is 2.57 bits per heavy atom. The summed E-state index contributed by atoms with van der Waals surface area (Å²) in [4.78, 5) is 17.7. The van der Waals surface area contributed by atoms with Crippen molar-refractivity contribution >= 4 is 11.8 Å². The average Bonchev–Trinajstić information content (AvgIpc) is 2.19. The standard InChI is InChI=1S/C8H10N4OS/c1-5-3-11-8(12-7(5)13)14-4-6(10)2-9/h3,6H,4,10H2,1H3,(H,11,12,13). The molecule has 0 aliphatic carbocycles. The van der Waals surface area contributed by atoms with Gasteiger partial charge in [0.2, 0.25) is 0 Å². The molecule has 0 saturated heterocycles. The van der Waals surface area contributed by atoms with Crippen LogP contribution in [0.2, 0.25) is 0 Å². The van der Waals surface area contributed by atoms with Gasteiger partial charge in [0.1, 0.15) is 6.04 Å². The van der Waals surface area contributed by atoms with E-state index in [9.17, 15) is 4.79 Å². The summed E-state index contributed by atoms with van der Waals surface area (Å²) in [5.74, 6) is 0.419. The molecule has 3 N–H and O–H groups in total. The maximum atomic E-state index is 11.1. The molecule has 0 aromatic carbocycles. The molecular weight excluding hydrogens is 200 g/mol. The van der Waals surface area contributed by atoms with Crippen LogP contribution >= 0.6 is 11.8 Å². The minimum Gasteiger partial charge on any atom is -0.315 e. The Labute approximate surface area is 85.3 Å². The van der Waals surface area contributed by atoms with E-state index in [1.165, 1.54) is 18.0 Å². The van der Waals surface area contributed by atoms with E-state index in [-0.39, 0.29) is 5.56 Å². The van der Waals surface area contributed by atoms with Crippen LogP contribution in [0.5, 0.6) is 0 Å². The summed E-state index contributed by atoms with van der Waals surface area (Å²) >= 11 is 1.26. The molecule has 0 aliphatic heterocycles. The Morgan fingerprint density at radius 3 is 3.14 bits per heavy atom. The zero-order valence-electron chi connectivity index (χ0n) is 7.65. The summed E-state index contributed by atoms with van der Waals surface area (Å²) in [5.41, 5.74) is 5.80. The molecule has 0 radical (unpaired) electrons. The summed E-state index contributed by atoms with van der Waals surface area (Å²) < 4.78 is 0. The normalized spacial score (nSPS) is 12.1. The molecule has 74 valence electrons. The Hall–Kier alpha value is -1.32. The van der Waals surface area contributed by atoms with E-state index in [2.05, 4.69) is 9.97 Å². The highest BCUT2D eigenvalue weighted by atomic mass is 32.2. The molecule has 0 fully saturated rings. The third-order valence-corrected chi connectivity index (χ3v) is 2.53. The second kappa shape index (κ2) is 4.79. The van der Waals surface area contributed by atoms with Gasteiger partial charge < -0.3 is 10.7 Å². The molecule has 1 heterocycles. The van der Waals surface area contributed by atoms with Crippen molar-refractivity contribution in [3.63, 3.8) is 0 Å². The summed E-state index contributed by atoms with van der Waals surface area (Å²) in [6.07, 6.45) is 1.50. The van der Waals surface area contributed by atoms with Crippen LogP contribution in [0.15, 0.2) is 16.1 Å². The summed E-state index contributed by atoms with van der Waals surface area (Å²) in [6.45, 7) is 1.68. The summed E-state index contributed by atoms with van der Waals surface area (Å²) in [7, 11) is 0. The van der Waals surface area contributed by atoms with Gasteiger partial charge in [-0.25, -0.2) is 4.98 Å². The van der Waals surface area contributed by atoms with Crippen LogP contribution in [0.4, 0.5) is 0 Å². The molecule has 1 aromatic heterocycles. The first-order valence-electron chi connectivity index (χ1n) is 3.97. The van der Waals surface area contributed by atoms with E-state index in [1.54, 1.807) is 6.92 Å². The van der Waals surface area contributed by atoms with Crippen molar-refractivity contribution in [2.24, 2.45) is 5.73 Å². The van der Waals surface area contributed by atoms with E-state index in [1.807, 2.05) is 6.07 Å². The Morgan fingerprint density at radius 1 is 1.86 bits per heavy atom. The molecule has 0 saturated carbocycles. The quantitative estimate of drug-likeness (QED) is 0.541. The number of hydrogen-bond donors (Lipinski definition) is 2. The van der Waals surface area contributed by atoms with Crippen molar-refractivity contribution in [1.29, 1.82) is 5.26 Å². The lowest BCUT2D eigenvalue weighted by Gasteiger charge is -2.01. The highest BCUT2D eigenvalue weighted by Gasteiger charge is 2.03. The second-order valence-electron chi connectivity index (χ2n) is 2.75. The fraction of sp³-hybridized carbons (Fsp3) is 0.375. The maximum Gasteiger partial charge on any atom is 0.254 e. The zero-order valence-corrected chi connectivity index (χ0v) is 8.47. The molecular formula is C8H10N4OS. The van der Waals surface area contributed by atoms with Gasteiger partial charge in [-0.1, -0.05) is 11.8 Å². The number of H-pyrrole nitrogens is 1. The van der Waals surface area contributed by atoms with E-state index in [4.69, 9.17) is 11.0 Å². The van der Waals surface area contributed by atoms with E-state index < -0.39 is 6.04 Å².